The van der Waals surface area contributed by atoms with Gasteiger partial charge in [-0.2, -0.15) is 0 Å². The van der Waals surface area contributed by atoms with E-state index in [2.05, 4.69) is 37.6 Å². The van der Waals surface area contributed by atoms with E-state index in [0.29, 0.717) is 24.4 Å². The molecule has 0 aromatic carbocycles. The van der Waals surface area contributed by atoms with Crippen molar-refractivity contribution in [2.24, 2.45) is 0 Å². The van der Waals surface area contributed by atoms with Crippen molar-refractivity contribution in [1.82, 2.24) is 10.2 Å². The van der Waals surface area contributed by atoms with Crippen LogP contribution >= 0.6 is 0 Å². The molecule has 5 nitrogen and oxygen atoms in total. The van der Waals surface area contributed by atoms with Gasteiger partial charge in [-0.25, -0.2) is 4.39 Å². The normalized spacial score (nSPS) is 19.7. The fourth-order valence-electron chi connectivity index (χ4n) is 3.75. The third-order valence-electron chi connectivity index (χ3n) is 5.82. The smallest absolute Gasteiger partial charge is 0.253 e. The number of hydrogen-bond acceptors (Lipinski definition) is 4. The van der Waals surface area contributed by atoms with Crippen LogP contribution in [0.1, 0.15) is 54.4 Å². The van der Waals surface area contributed by atoms with Crippen molar-refractivity contribution in [3.05, 3.63) is 83.2 Å². The minimum atomic E-state index is -0.296. The number of nitrogens with one attached hydrogen (secondary N) is 1. The summed E-state index contributed by atoms with van der Waals surface area (Å²) in [5, 5.41) is 12.3. The summed E-state index contributed by atoms with van der Waals surface area (Å²) < 4.78 is 19.2. The number of aliphatic hydroxyl groups excluding tert-OH is 1. The van der Waals surface area contributed by atoms with Gasteiger partial charge in [0.25, 0.3) is 5.91 Å². The Labute approximate surface area is 204 Å². The average Bonchev–Trinajstić information content (AvgIpc) is 2.80. The van der Waals surface area contributed by atoms with E-state index in [1.165, 1.54) is 31.6 Å². The quantitative estimate of drug-likeness (QED) is 0.274. The Morgan fingerprint density at radius 2 is 1.85 bits per heavy atom. The number of carbonyl (C=O) groups excluding carboxylic acids is 1. The first-order valence-corrected chi connectivity index (χ1v) is 11.8. The van der Waals surface area contributed by atoms with Gasteiger partial charge in [-0.05, 0) is 90.1 Å². The van der Waals surface area contributed by atoms with Crippen LogP contribution in [0, 0.1) is 0 Å². The van der Waals surface area contributed by atoms with Crippen LogP contribution in [0.15, 0.2) is 83.2 Å². The number of amides is 1. The van der Waals surface area contributed by atoms with Gasteiger partial charge in [0.2, 0.25) is 0 Å². The summed E-state index contributed by atoms with van der Waals surface area (Å²) in [7, 11) is 0. The number of nitrogens with zero attached hydrogens (tertiary/aromatic N) is 1. The van der Waals surface area contributed by atoms with Crippen LogP contribution in [0.4, 0.5) is 4.39 Å². The van der Waals surface area contributed by atoms with Crippen molar-refractivity contribution in [3.63, 3.8) is 0 Å². The van der Waals surface area contributed by atoms with E-state index >= 15 is 0 Å². The van der Waals surface area contributed by atoms with E-state index in [0.717, 1.165) is 37.1 Å². The number of halogens is 1. The summed E-state index contributed by atoms with van der Waals surface area (Å²) in [4.78, 5) is 13.2. The molecule has 0 unspecified atom stereocenters. The number of allylic oxidation sites excluding steroid dienone is 7. The van der Waals surface area contributed by atoms with Crippen molar-refractivity contribution in [2.75, 3.05) is 26.2 Å². The summed E-state index contributed by atoms with van der Waals surface area (Å²) in [5.41, 5.74) is 3.14. The fraction of sp³-hybridized carbons (Fsp3) is 0.464. The van der Waals surface area contributed by atoms with E-state index in [1.807, 2.05) is 20.8 Å². The molecule has 1 fully saturated rings. The second kappa shape index (κ2) is 13.8. The monoisotopic (exact) mass is 472 g/mol. The predicted molar refractivity (Wildman–Crippen MR) is 139 cm³/mol. The summed E-state index contributed by atoms with van der Waals surface area (Å²) in [6, 6.07) is 0. The first kappa shape index (κ1) is 29.2. The summed E-state index contributed by atoms with van der Waals surface area (Å²) in [6.45, 7) is 21.7. The molecule has 1 saturated heterocycles. The summed E-state index contributed by atoms with van der Waals surface area (Å²) >= 11 is 0. The molecule has 2 rings (SSSR count). The van der Waals surface area contributed by atoms with Gasteiger partial charge in [-0.1, -0.05) is 19.2 Å². The highest BCUT2D eigenvalue weighted by Gasteiger charge is 2.37. The zero-order valence-electron chi connectivity index (χ0n) is 21.6. The number of rotatable bonds is 6. The van der Waals surface area contributed by atoms with E-state index < -0.39 is 0 Å². The van der Waals surface area contributed by atoms with Gasteiger partial charge >= 0.3 is 0 Å². The molecule has 188 valence electrons. The van der Waals surface area contributed by atoms with Crippen LogP contribution in [0.25, 0.3) is 0 Å². The van der Waals surface area contributed by atoms with Gasteiger partial charge in [0.15, 0.2) is 0 Å². The molecule has 2 heterocycles. The van der Waals surface area contributed by atoms with E-state index in [-0.39, 0.29) is 23.1 Å². The molecule has 2 aliphatic heterocycles. The number of piperidine rings is 1. The molecule has 0 atom stereocenters. The molecule has 0 aliphatic carbocycles. The first-order valence-electron chi connectivity index (χ1n) is 11.8. The van der Waals surface area contributed by atoms with Gasteiger partial charge < -0.3 is 20.1 Å². The number of likely N-dealkylation sites (N-methyl/N-ethyl adjacent to an activating group) is 1. The van der Waals surface area contributed by atoms with E-state index in [1.54, 1.807) is 11.0 Å². The molecule has 0 aromatic rings. The Balaban J connectivity index is 0.000000385. The second-order valence-electron chi connectivity index (χ2n) is 8.50. The zero-order chi connectivity index (χ0) is 25.9. The number of ether oxygens (including phenoxy) is 1. The molecule has 34 heavy (non-hydrogen) atoms. The Kier molecular flexibility index (Phi) is 11.8. The van der Waals surface area contributed by atoms with Gasteiger partial charge in [-0.15, -0.1) is 0 Å². The Morgan fingerprint density at radius 1 is 1.26 bits per heavy atom. The van der Waals surface area contributed by atoms with Crippen LogP contribution < -0.4 is 5.32 Å². The zero-order valence-corrected chi connectivity index (χ0v) is 21.6. The highest BCUT2D eigenvalue weighted by atomic mass is 19.1. The number of hydrogen-bond donors (Lipinski definition) is 2. The first-order chi connectivity index (χ1) is 16.0. The highest BCUT2D eigenvalue weighted by Crippen LogP contribution is 2.40. The summed E-state index contributed by atoms with van der Waals surface area (Å²) in [5.74, 6) is 0.411. The fourth-order valence-corrected chi connectivity index (χ4v) is 3.75. The lowest BCUT2D eigenvalue weighted by atomic mass is 9.83. The van der Waals surface area contributed by atoms with Crippen molar-refractivity contribution in [2.45, 2.75) is 60.0 Å². The molecule has 1 spiro atoms. The lowest BCUT2D eigenvalue weighted by molar-refractivity contribution is -0.126. The molecule has 0 aromatic heterocycles. The third-order valence-corrected chi connectivity index (χ3v) is 5.82. The van der Waals surface area contributed by atoms with Gasteiger partial charge in [-0.3, -0.25) is 4.79 Å². The Bertz CT molecular complexity index is 904. The SMILES string of the molecule is C=C(/C=C(\C)O)C(=O)N(CC)CC.C=C1C(/C(C)=C/C)=CC2(CCNCC2)O/C1=C/C=C(\C)F. The van der Waals surface area contributed by atoms with E-state index in [9.17, 15) is 9.18 Å². The number of aliphatic hydroxyl groups is 1. The Morgan fingerprint density at radius 3 is 2.32 bits per heavy atom. The van der Waals surface area contributed by atoms with Gasteiger partial charge in [0.05, 0.1) is 11.6 Å². The summed E-state index contributed by atoms with van der Waals surface area (Å²) in [6.07, 6.45) is 10.6. The van der Waals surface area contributed by atoms with Crippen LogP contribution in [0.3, 0.4) is 0 Å². The Hall–Kier alpha value is -2.86. The largest absolute Gasteiger partial charge is 0.513 e. The molecule has 2 N–H and O–H groups in total. The lowest BCUT2D eigenvalue weighted by Gasteiger charge is -2.41. The molecule has 6 heteroatoms. The maximum Gasteiger partial charge on any atom is 0.253 e. The molecule has 0 radical (unpaired) electrons. The topological polar surface area (TPSA) is 61.8 Å². The van der Waals surface area contributed by atoms with Crippen LogP contribution in [-0.4, -0.2) is 47.7 Å². The standard InChI is InChI=1S/C18H24FNO.C10H17NO2/c1-5-13(2)16-12-18(8-10-20-11-9-18)21-17(15(16)4)7-6-14(3)19;1-5-11(6-2)10(13)8(3)7-9(4)12/h5-7,12,20H,4,8-11H2,1-3H3;7,12H,3,5-6H2,1-2,4H3/b13-5+,14-6+,17-7+;9-7+. The van der Waals surface area contributed by atoms with Crippen LogP contribution in [0.2, 0.25) is 0 Å². The second-order valence-corrected chi connectivity index (χ2v) is 8.50. The molecule has 1 amide bonds. The van der Waals surface area contributed by atoms with Crippen molar-refractivity contribution < 1.29 is 19.0 Å². The van der Waals surface area contributed by atoms with Crippen molar-refractivity contribution >= 4 is 5.91 Å². The third kappa shape index (κ3) is 8.49. The molecule has 0 bridgehead atoms. The maximum absolute atomic E-state index is 13.0. The highest BCUT2D eigenvalue weighted by molar-refractivity contribution is 5.95. The lowest BCUT2D eigenvalue weighted by Crippen LogP contribution is -2.44. The average molecular weight is 473 g/mol. The molecule has 0 saturated carbocycles. The molecule has 2 aliphatic rings. The van der Waals surface area contributed by atoms with E-state index in [4.69, 9.17) is 9.84 Å². The minimum absolute atomic E-state index is 0.102. The van der Waals surface area contributed by atoms with Crippen molar-refractivity contribution in [1.29, 1.82) is 0 Å². The van der Waals surface area contributed by atoms with Gasteiger partial charge in [0, 0.05) is 37.1 Å². The van der Waals surface area contributed by atoms with Crippen molar-refractivity contribution in [3.8, 4) is 0 Å². The molecular formula is C28H41FN2O3. The predicted octanol–water partition coefficient (Wildman–Crippen LogP) is 6.22. The van der Waals surface area contributed by atoms with Crippen LogP contribution in [-0.2, 0) is 9.53 Å². The molecular weight excluding hydrogens is 431 g/mol. The minimum Gasteiger partial charge on any atom is -0.513 e. The maximum atomic E-state index is 13.0. The van der Waals surface area contributed by atoms with Crippen LogP contribution in [0.5, 0.6) is 0 Å². The number of carbonyl (C=O) groups is 1. The van der Waals surface area contributed by atoms with Gasteiger partial charge in [0.1, 0.15) is 11.4 Å².